The fourth-order valence-electron chi connectivity index (χ4n) is 2.74. The van der Waals surface area contributed by atoms with Crippen molar-refractivity contribution in [1.29, 1.82) is 0 Å². The van der Waals surface area contributed by atoms with Crippen molar-refractivity contribution >= 4 is 17.7 Å². The van der Waals surface area contributed by atoms with Crippen LogP contribution < -0.4 is 4.90 Å². The van der Waals surface area contributed by atoms with Gasteiger partial charge in [-0.05, 0) is 39.3 Å². The zero-order chi connectivity index (χ0) is 17.7. The molecule has 0 radical (unpaired) electrons. The van der Waals surface area contributed by atoms with Gasteiger partial charge in [0.05, 0.1) is 7.11 Å². The summed E-state index contributed by atoms with van der Waals surface area (Å²) in [5.41, 5.74) is 0.430. The SMILES string of the molecule is COC(=O)CN(c1ccccc1)C1CCN(C(=O)OC(C)(C)C)C1. The molecule has 1 unspecified atom stereocenters. The standard InChI is InChI=1S/C18H26N2O4/c1-18(2,3)24-17(22)19-11-10-15(12-19)20(13-16(21)23-4)14-8-6-5-7-9-14/h5-9,15H,10-13H2,1-4H3. The summed E-state index contributed by atoms with van der Waals surface area (Å²) in [7, 11) is 1.38. The Labute approximate surface area is 143 Å². The Bertz CT molecular complexity index is 568. The highest BCUT2D eigenvalue weighted by Gasteiger charge is 2.33. The first-order chi connectivity index (χ1) is 11.3. The van der Waals surface area contributed by atoms with E-state index in [1.807, 2.05) is 56.0 Å². The number of para-hydroxylation sites is 1. The summed E-state index contributed by atoms with van der Waals surface area (Å²) < 4.78 is 10.3. The molecule has 1 saturated heterocycles. The van der Waals surface area contributed by atoms with E-state index in [0.717, 1.165) is 12.1 Å². The number of hydrogen-bond acceptors (Lipinski definition) is 5. The van der Waals surface area contributed by atoms with Crippen molar-refractivity contribution in [3.63, 3.8) is 0 Å². The van der Waals surface area contributed by atoms with Gasteiger partial charge >= 0.3 is 12.1 Å². The smallest absolute Gasteiger partial charge is 0.410 e. The van der Waals surface area contributed by atoms with Gasteiger partial charge in [-0.25, -0.2) is 4.79 Å². The number of rotatable bonds is 4. The second kappa shape index (κ2) is 7.55. The zero-order valence-corrected chi connectivity index (χ0v) is 14.8. The van der Waals surface area contributed by atoms with Gasteiger partial charge in [0.2, 0.25) is 0 Å². The zero-order valence-electron chi connectivity index (χ0n) is 14.8. The number of likely N-dealkylation sites (tertiary alicyclic amines) is 1. The molecule has 1 amide bonds. The highest BCUT2D eigenvalue weighted by Crippen LogP contribution is 2.24. The molecule has 0 aromatic heterocycles. The van der Waals surface area contributed by atoms with Crippen LogP contribution >= 0.6 is 0 Å². The molecule has 1 aromatic rings. The summed E-state index contributed by atoms with van der Waals surface area (Å²) >= 11 is 0. The number of anilines is 1. The molecule has 24 heavy (non-hydrogen) atoms. The van der Waals surface area contributed by atoms with Crippen molar-refractivity contribution in [3.8, 4) is 0 Å². The lowest BCUT2D eigenvalue weighted by Gasteiger charge is -2.30. The monoisotopic (exact) mass is 334 g/mol. The lowest BCUT2D eigenvalue weighted by molar-refractivity contribution is -0.139. The van der Waals surface area contributed by atoms with Crippen LogP contribution in [0.15, 0.2) is 30.3 Å². The Balaban J connectivity index is 2.08. The van der Waals surface area contributed by atoms with Crippen molar-refractivity contribution in [2.24, 2.45) is 0 Å². The van der Waals surface area contributed by atoms with Gasteiger partial charge in [-0.3, -0.25) is 4.79 Å². The number of amides is 1. The van der Waals surface area contributed by atoms with Crippen LogP contribution in [0.5, 0.6) is 0 Å². The highest BCUT2D eigenvalue weighted by atomic mass is 16.6. The Morgan fingerprint density at radius 3 is 2.50 bits per heavy atom. The van der Waals surface area contributed by atoms with Crippen molar-refractivity contribution in [3.05, 3.63) is 30.3 Å². The molecular weight excluding hydrogens is 308 g/mol. The van der Waals surface area contributed by atoms with E-state index in [1.165, 1.54) is 7.11 Å². The number of benzene rings is 1. The topological polar surface area (TPSA) is 59.1 Å². The van der Waals surface area contributed by atoms with Gasteiger partial charge in [-0.15, -0.1) is 0 Å². The van der Waals surface area contributed by atoms with Crippen LogP contribution in [0.25, 0.3) is 0 Å². The first kappa shape index (κ1) is 18.1. The van der Waals surface area contributed by atoms with Gasteiger partial charge in [0.1, 0.15) is 12.1 Å². The van der Waals surface area contributed by atoms with Crippen molar-refractivity contribution in [1.82, 2.24) is 4.90 Å². The number of nitrogens with zero attached hydrogens (tertiary/aromatic N) is 2. The molecule has 2 rings (SSSR count). The summed E-state index contributed by atoms with van der Waals surface area (Å²) in [6.45, 7) is 6.86. The second-order valence-corrected chi connectivity index (χ2v) is 6.91. The number of carbonyl (C=O) groups excluding carboxylic acids is 2. The number of ether oxygens (including phenoxy) is 2. The van der Waals surface area contributed by atoms with Crippen molar-refractivity contribution in [2.45, 2.75) is 38.8 Å². The number of methoxy groups -OCH3 is 1. The molecule has 0 aliphatic carbocycles. The number of carbonyl (C=O) groups is 2. The van der Waals surface area contributed by atoms with Crippen LogP contribution in [-0.2, 0) is 14.3 Å². The normalized spacial score (nSPS) is 17.5. The van der Waals surface area contributed by atoms with Crippen molar-refractivity contribution in [2.75, 3.05) is 31.6 Å². The summed E-state index contributed by atoms with van der Waals surface area (Å²) in [5.74, 6) is -0.297. The lowest BCUT2D eigenvalue weighted by atomic mass is 10.2. The lowest BCUT2D eigenvalue weighted by Crippen LogP contribution is -2.43. The molecule has 1 atom stereocenters. The number of esters is 1. The van der Waals surface area contributed by atoms with E-state index in [-0.39, 0.29) is 24.6 Å². The van der Waals surface area contributed by atoms with E-state index >= 15 is 0 Å². The Morgan fingerprint density at radius 2 is 1.92 bits per heavy atom. The third-order valence-electron chi connectivity index (χ3n) is 3.87. The second-order valence-electron chi connectivity index (χ2n) is 6.91. The molecule has 132 valence electrons. The minimum absolute atomic E-state index is 0.0546. The Morgan fingerprint density at radius 1 is 1.25 bits per heavy atom. The molecule has 1 heterocycles. The third-order valence-corrected chi connectivity index (χ3v) is 3.87. The molecule has 6 heteroatoms. The fourth-order valence-corrected chi connectivity index (χ4v) is 2.74. The van der Waals surface area contributed by atoms with Gasteiger partial charge in [0.15, 0.2) is 0 Å². The predicted molar refractivity (Wildman–Crippen MR) is 92.0 cm³/mol. The van der Waals surface area contributed by atoms with Crippen LogP contribution in [0.1, 0.15) is 27.2 Å². The van der Waals surface area contributed by atoms with Gasteiger partial charge < -0.3 is 19.3 Å². The maximum atomic E-state index is 12.2. The molecule has 0 spiro atoms. The molecule has 6 nitrogen and oxygen atoms in total. The fraction of sp³-hybridized carbons (Fsp3) is 0.556. The van der Waals surface area contributed by atoms with E-state index < -0.39 is 5.60 Å². The van der Waals surface area contributed by atoms with Crippen molar-refractivity contribution < 1.29 is 19.1 Å². The quantitative estimate of drug-likeness (QED) is 0.792. The van der Waals surface area contributed by atoms with Crippen LogP contribution in [0, 0.1) is 0 Å². The first-order valence-electron chi connectivity index (χ1n) is 8.16. The Hall–Kier alpha value is -2.24. The summed E-state index contributed by atoms with van der Waals surface area (Å²) in [5, 5.41) is 0. The van der Waals surface area contributed by atoms with Gasteiger partial charge in [-0.1, -0.05) is 18.2 Å². The molecular formula is C18H26N2O4. The van der Waals surface area contributed by atoms with Gasteiger partial charge in [0.25, 0.3) is 0 Å². The average Bonchev–Trinajstić information content (AvgIpc) is 3.01. The van der Waals surface area contributed by atoms with E-state index in [1.54, 1.807) is 4.90 Å². The predicted octanol–water partition coefficient (Wildman–Crippen LogP) is 2.68. The van der Waals surface area contributed by atoms with E-state index in [4.69, 9.17) is 9.47 Å². The number of hydrogen-bond donors (Lipinski definition) is 0. The van der Waals surface area contributed by atoms with E-state index in [9.17, 15) is 9.59 Å². The maximum Gasteiger partial charge on any atom is 0.410 e. The largest absolute Gasteiger partial charge is 0.468 e. The first-order valence-corrected chi connectivity index (χ1v) is 8.16. The van der Waals surface area contributed by atoms with Crippen LogP contribution in [0.4, 0.5) is 10.5 Å². The van der Waals surface area contributed by atoms with Gasteiger partial charge in [-0.2, -0.15) is 0 Å². The molecule has 1 fully saturated rings. The maximum absolute atomic E-state index is 12.2. The molecule has 1 aliphatic heterocycles. The van der Waals surface area contributed by atoms with Crippen LogP contribution in [0.2, 0.25) is 0 Å². The van der Waals surface area contributed by atoms with Crippen LogP contribution in [0.3, 0.4) is 0 Å². The average molecular weight is 334 g/mol. The van der Waals surface area contributed by atoms with E-state index in [0.29, 0.717) is 13.1 Å². The minimum Gasteiger partial charge on any atom is -0.468 e. The summed E-state index contributed by atoms with van der Waals surface area (Å²) in [6.07, 6.45) is 0.474. The van der Waals surface area contributed by atoms with Crippen LogP contribution in [-0.4, -0.2) is 55.3 Å². The van der Waals surface area contributed by atoms with Gasteiger partial charge in [0, 0.05) is 24.8 Å². The molecule has 0 N–H and O–H groups in total. The summed E-state index contributed by atoms with van der Waals surface area (Å²) in [6, 6.07) is 9.76. The third kappa shape index (κ3) is 4.88. The molecule has 1 aromatic carbocycles. The molecule has 0 bridgehead atoms. The Kier molecular flexibility index (Phi) is 5.70. The van der Waals surface area contributed by atoms with E-state index in [2.05, 4.69) is 0 Å². The highest BCUT2D eigenvalue weighted by molar-refractivity contribution is 5.76. The minimum atomic E-state index is -0.514. The summed E-state index contributed by atoms with van der Waals surface area (Å²) in [4.78, 5) is 27.7. The molecule has 0 saturated carbocycles. The molecule has 1 aliphatic rings.